The van der Waals surface area contributed by atoms with Crippen LogP contribution in [0.25, 0.3) is 0 Å². The second kappa shape index (κ2) is 6.37. The molecule has 4 nitrogen and oxygen atoms in total. The van der Waals surface area contributed by atoms with Gasteiger partial charge in [0.15, 0.2) is 0 Å². The summed E-state index contributed by atoms with van der Waals surface area (Å²) < 4.78 is 0.807. The summed E-state index contributed by atoms with van der Waals surface area (Å²) in [7, 11) is 1.82. The minimum atomic E-state index is -0.0142. The van der Waals surface area contributed by atoms with Gasteiger partial charge in [-0.1, -0.05) is 20.8 Å². The smallest absolute Gasteiger partial charge is 0.257 e. The van der Waals surface area contributed by atoms with E-state index in [4.69, 9.17) is 0 Å². The number of pyridine rings is 1. The molecule has 1 N–H and O–H groups in total. The highest BCUT2D eigenvalue weighted by Crippen LogP contribution is 2.21. The van der Waals surface area contributed by atoms with E-state index in [1.54, 1.807) is 11.1 Å². The number of anilines is 1. The Bertz CT molecular complexity index is 454. The van der Waals surface area contributed by atoms with Crippen LogP contribution in [-0.2, 0) is 0 Å². The molecular weight excluding hydrogens is 306 g/mol. The average Bonchev–Trinajstić information content (AvgIpc) is 2.28. The van der Waals surface area contributed by atoms with Crippen molar-refractivity contribution >= 4 is 27.7 Å². The molecule has 5 heteroatoms. The highest BCUT2D eigenvalue weighted by molar-refractivity contribution is 9.10. The molecule has 1 rings (SSSR count). The van der Waals surface area contributed by atoms with Crippen molar-refractivity contribution in [2.45, 2.75) is 27.7 Å². The molecule has 0 unspecified atom stereocenters. The largest absolute Gasteiger partial charge is 0.370 e. The lowest BCUT2D eigenvalue weighted by atomic mass is 9.96. The summed E-state index contributed by atoms with van der Waals surface area (Å²) in [4.78, 5) is 18.5. The molecule has 0 saturated carbocycles. The summed E-state index contributed by atoms with van der Waals surface area (Å²) in [5, 5.41) is 3.12. The van der Waals surface area contributed by atoms with E-state index in [-0.39, 0.29) is 11.3 Å². The molecule has 0 bridgehead atoms. The van der Waals surface area contributed by atoms with Gasteiger partial charge in [0.25, 0.3) is 5.91 Å². The van der Waals surface area contributed by atoms with Gasteiger partial charge in [0, 0.05) is 30.8 Å². The van der Waals surface area contributed by atoms with Crippen LogP contribution in [0.3, 0.4) is 0 Å². The number of carbonyl (C=O) groups is 1. The predicted molar refractivity (Wildman–Crippen MR) is 82.5 cm³/mol. The second-order valence-corrected chi connectivity index (χ2v) is 6.72. The maximum absolute atomic E-state index is 12.5. The monoisotopic (exact) mass is 327 g/mol. The number of rotatable bonds is 4. The van der Waals surface area contributed by atoms with E-state index >= 15 is 0 Å². The molecule has 1 aromatic heterocycles. The first-order valence-electron chi connectivity index (χ1n) is 6.39. The first-order chi connectivity index (χ1) is 8.74. The summed E-state index contributed by atoms with van der Waals surface area (Å²) in [5.74, 6) is 0.621. The first kappa shape index (κ1) is 16.0. The molecule has 0 aliphatic carbocycles. The molecule has 0 aliphatic rings. The van der Waals surface area contributed by atoms with Crippen LogP contribution in [0.1, 0.15) is 38.1 Å². The van der Waals surface area contributed by atoms with Crippen LogP contribution in [-0.4, -0.2) is 35.9 Å². The zero-order valence-corrected chi connectivity index (χ0v) is 13.8. The van der Waals surface area contributed by atoms with Crippen molar-refractivity contribution in [1.29, 1.82) is 0 Å². The van der Waals surface area contributed by atoms with Gasteiger partial charge in [0.05, 0.1) is 5.56 Å². The molecule has 0 spiro atoms. The van der Waals surface area contributed by atoms with Crippen LogP contribution in [0.15, 0.2) is 16.7 Å². The summed E-state index contributed by atoms with van der Waals surface area (Å²) in [5.41, 5.74) is 0.672. The zero-order chi connectivity index (χ0) is 14.6. The number of nitrogens with zero attached hydrogens (tertiary/aromatic N) is 2. The number of halogens is 1. The van der Waals surface area contributed by atoms with E-state index in [0.29, 0.717) is 17.9 Å². The number of hydrogen-bond donors (Lipinski definition) is 1. The summed E-state index contributed by atoms with van der Waals surface area (Å²) in [6.45, 7) is 9.75. The Morgan fingerprint density at radius 2 is 2.11 bits per heavy atom. The third kappa shape index (κ3) is 4.82. The lowest BCUT2D eigenvalue weighted by Crippen LogP contribution is -2.35. The van der Waals surface area contributed by atoms with E-state index in [1.807, 2.05) is 20.0 Å². The van der Waals surface area contributed by atoms with Crippen LogP contribution in [0.2, 0.25) is 0 Å². The Kier molecular flexibility index (Phi) is 5.35. The molecule has 1 amide bonds. The average molecular weight is 328 g/mol. The van der Waals surface area contributed by atoms with E-state index in [0.717, 1.165) is 11.0 Å². The Labute approximate surface area is 123 Å². The third-order valence-electron chi connectivity index (χ3n) is 2.49. The summed E-state index contributed by atoms with van der Waals surface area (Å²) >= 11 is 3.37. The highest BCUT2D eigenvalue weighted by atomic mass is 79.9. The fourth-order valence-electron chi connectivity index (χ4n) is 1.90. The Hall–Kier alpha value is -1.10. The van der Waals surface area contributed by atoms with Gasteiger partial charge in [-0.25, -0.2) is 4.98 Å². The molecule has 0 atom stereocenters. The Morgan fingerprint density at radius 1 is 1.47 bits per heavy atom. The van der Waals surface area contributed by atoms with Crippen molar-refractivity contribution in [3.05, 3.63) is 22.3 Å². The SMILES string of the molecule is CCNc1ncc(Br)cc1C(=O)N(C)CC(C)(C)C. The van der Waals surface area contributed by atoms with Crippen LogP contribution >= 0.6 is 15.9 Å². The van der Waals surface area contributed by atoms with Crippen molar-refractivity contribution in [3.63, 3.8) is 0 Å². The van der Waals surface area contributed by atoms with E-state index in [9.17, 15) is 4.79 Å². The topological polar surface area (TPSA) is 45.2 Å². The normalized spacial score (nSPS) is 11.3. The number of hydrogen-bond acceptors (Lipinski definition) is 3. The number of amides is 1. The lowest BCUT2D eigenvalue weighted by Gasteiger charge is -2.27. The fraction of sp³-hybridized carbons (Fsp3) is 0.571. The molecule has 0 saturated heterocycles. The maximum Gasteiger partial charge on any atom is 0.257 e. The molecule has 0 radical (unpaired) electrons. The summed E-state index contributed by atoms with van der Waals surface area (Å²) in [6, 6.07) is 1.81. The number of carbonyl (C=O) groups excluding carboxylic acids is 1. The van der Waals surface area contributed by atoms with Gasteiger partial charge in [-0.3, -0.25) is 4.79 Å². The van der Waals surface area contributed by atoms with Gasteiger partial charge in [-0.2, -0.15) is 0 Å². The van der Waals surface area contributed by atoms with Gasteiger partial charge in [-0.05, 0) is 34.3 Å². The minimum absolute atomic E-state index is 0.0142. The van der Waals surface area contributed by atoms with Gasteiger partial charge in [-0.15, -0.1) is 0 Å². The molecule has 0 aromatic carbocycles. The highest BCUT2D eigenvalue weighted by Gasteiger charge is 2.21. The van der Waals surface area contributed by atoms with Gasteiger partial charge >= 0.3 is 0 Å². The lowest BCUT2D eigenvalue weighted by molar-refractivity contribution is 0.0746. The van der Waals surface area contributed by atoms with Crippen molar-refractivity contribution in [3.8, 4) is 0 Å². The Balaban J connectivity index is 3.00. The minimum Gasteiger partial charge on any atom is -0.370 e. The van der Waals surface area contributed by atoms with E-state index < -0.39 is 0 Å². The van der Waals surface area contributed by atoms with E-state index in [1.165, 1.54) is 0 Å². The quantitative estimate of drug-likeness (QED) is 0.921. The van der Waals surface area contributed by atoms with Crippen molar-refractivity contribution < 1.29 is 4.79 Å². The predicted octanol–water partition coefficient (Wildman–Crippen LogP) is 3.39. The zero-order valence-electron chi connectivity index (χ0n) is 12.2. The molecule has 19 heavy (non-hydrogen) atoms. The van der Waals surface area contributed by atoms with Gasteiger partial charge in [0.2, 0.25) is 0 Å². The molecule has 0 fully saturated rings. The Morgan fingerprint density at radius 3 is 2.63 bits per heavy atom. The molecule has 1 heterocycles. The molecule has 0 aliphatic heterocycles. The summed E-state index contributed by atoms with van der Waals surface area (Å²) in [6.07, 6.45) is 1.69. The first-order valence-corrected chi connectivity index (χ1v) is 7.19. The van der Waals surface area contributed by atoms with Crippen LogP contribution < -0.4 is 5.32 Å². The molecule has 106 valence electrons. The second-order valence-electron chi connectivity index (χ2n) is 5.80. The van der Waals surface area contributed by atoms with Crippen molar-refractivity contribution in [1.82, 2.24) is 9.88 Å². The van der Waals surface area contributed by atoms with Gasteiger partial charge in [0.1, 0.15) is 5.82 Å². The van der Waals surface area contributed by atoms with E-state index in [2.05, 4.69) is 47.0 Å². The standard InChI is InChI=1S/C14H22BrN3O/c1-6-16-12-11(7-10(15)8-17-12)13(19)18(5)9-14(2,3)4/h7-8H,6,9H2,1-5H3,(H,16,17). The van der Waals surface area contributed by atoms with Crippen LogP contribution in [0.4, 0.5) is 5.82 Å². The maximum atomic E-state index is 12.5. The number of nitrogens with one attached hydrogen (secondary N) is 1. The van der Waals surface area contributed by atoms with Crippen molar-refractivity contribution in [2.75, 3.05) is 25.5 Å². The third-order valence-corrected chi connectivity index (χ3v) is 2.92. The van der Waals surface area contributed by atoms with Crippen molar-refractivity contribution in [2.24, 2.45) is 5.41 Å². The molecule has 1 aromatic rings. The van der Waals surface area contributed by atoms with Crippen LogP contribution in [0.5, 0.6) is 0 Å². The van der Waals surface area contributed by atoms with Gasteiger partial charge < -0.3 is 10.2 Å². The fourth-order valence-corrected chi connectivity index (χ4v) is 2.23. The molecular formula is C14H22BrN3O. The van der Waals surface area contributed by atoms with Crippen LogP contribution in [0, 0.1) is 5.41 Å². The number of aromatic nitrogens is 1.